The van der Waals surface area contributed by atoms with Crippen LogP contribution in [0.4, 0.5) is 0 Å². The van der Waals surface area contributed by atoms with Crippen molar-refractivity contribution < 1.29 is 28.6 Å². The highest BCUT2D eigenvalue weighted by Gasteiger charge is 2.19. The topological polar surface area (TPSA) is 78.9 Å². The van der Waals surface area contributed by atoms with E-state index in [1.165, 1.54) is 270 Å². The molecule has 0 amide bonds. The lowest BCUT2D eigenvalue weighted by Crippen LogP contribution is -2.30. The molecule has 0 bridgehead atoms. The van der Waals surface area contributed by atoms with E-state index < -0.39 is 6.10 Å². The Balaban J connectivity index is 4.28. The summed E-state index contributed by atoms with van der Waals surface area (Å²) in [5, 5.41) is 0. The molecular weight excluding hydrogens is 985 g/mol. The summed E-state index contributed by atoms with van der Waals surface area (Å²) in [6, 6.07) is 0. The van der Waals surface area contributed by atoms with E-state index in [9.17, 15) is 14.4 Å². The number of esters is 3. The van der Waals surface area contributed by atoms with E-state index in [4.69, 9.17) is 14.2 Å². The normalized spacial score (nSPS) is 12.3. The van der Waals surface area contributed by atoms with Gasteiger partial charge < -0.3 is 14.2 Å². The third-order valence-corrected chi connectivity index (χ3v) is 16.1. The number of hydrogen-bond donors (Lipinski definition) is 0. The summed E-state index contributed by atoms with van der Waals surface area (Å²) >= 11 is 0. The summed E-state index contributed by atoms with van der Waals surface area (Å²) in [5.41, 5.74) is 0. The average molecular weight is 1120 g/mol. The highest BCUT2D eigenvalue weighted by molar-refractivity contribution is 5.71. The number of unbranched alkanes of at least 4 members (excludes halogenated alkanes) is 47. The Hall–Kier alpha value is -2.63. The Morgan fingerprint density at radius 1 is 0.250 bits per heavy atom. The van der Waals surface area contributed by atoms with Crippen LogP contribution < -0.4 is 0 Å². The largest absolute Gasteiger partial charge is 0.462 e. The van der Waals surface area contributed by atoms with Crippen LogP contribution >= 0.6 is 0 Å². The predicted octanol–water partition coefficient (Wildman–Crippen LogP) is 24.5. The Bertz CT molecular complexity index is 1380. The van der Waals surface area contributed by atoms with Gasteiger partial charge in [-0.25, -0.2) is 0 Å². The molecule has 468 valence electrons. The first-order chi connectivity index (χ1) is 39.5. The molecule has 0 aromatic carbocycles. The molecular formula is C74H136O6. The Morgan fingerprint density at radius 2 is 0.450 bits per heavy atom. The molecule has 0 saturated carbocycles. The molecule has 0 radical (unpaired) electrons. The minimum Gasteiger partial charge on any atom is -0.462 e. The van der Waals surface area contributed by atoms with Crippen molar-refractivity contribution in [3.05, 3.63) is 48.6 Å². The average Bonchev–Trinajstić information content (AvgIpc) is 3.46. The first kappa shape index (κ1) is 77.4. The van der Waals surface area contributed by atoms with E-state index in [1.807, 2.05) is 0 Å². The Morgan fingerprint density at radius 3 is 0.713 bits per heavy atom. The van der Waals surface area contributed by atoms with Gasteiger partial charge in [0, 0.05) is 19.3 Å². The van der Waals surface area contributed by atoms with Gasteiger partial charge in [-0.2, -0.15) is 0 Å². The van der Waals surface area contributed by atoms with Crippen molar-refractivity contribution in [2.24, 2.45) is 0 Å². The number of ether oxygens (including phenoxy) is 3. The van der Waals surface area contributed by atoms with Crippen LogP contribution in [0.5, 0.6) is 0 Å². The van der Waals surface area contributed by atoms with E-state index in [2.05, 4.69) is 69.4 Å². The van der Waals surface area contributed by atoms with Gasteiger partial charge in [0.25, 0.3) is 0 Å². The van der Waals surface area contributed by atoms with E-state index in [1.54, 1.807) is 0 Å². The first-order valence-corrected chi connectivity index (χ1v) is 35.6. The van der Waals surface area contributed by atoms with Crippen molar-refractivity contribution in [2.45, 2.75) is 393 Å². The van der Waals surface area contributed by atoms with Crippen LogP contribution in [0.25, 0.3) is 0 Å². The van der Waals surface area contributed by atoms with Crippen LogP contribution in [0.1, 0.15) is 387 Å². The molecule has 0 heterocycles. The van der Waals surface area contributed by atoms with E-state index in [0.717, 1.165) is 77.0 Å². The lowest BCUT2D eigenvalue weighted by Gasteiger charge is -2.18. The Labute approximate surface area is 498 Å². The van der Waals surface area contributed by atoms with Crippen LogP contribution in [0.15, 0.2) is 48.6 Å². The molecule has 80 heavy (non-hydrogen) atoms. The van der Waals surface area contributed by atoms with Crippen molar-refractivity contribution in [1.29, 1.82) is 0 Å². The first-order valence-electron chi connectivity index (χ1n) is 35.6. The molecule has 0 aromatic rings. The van der Waals surface area contributed by atoms with Crippen LogP contribution in [0.3, 0.4) is 0 Å². The van der Waals surface area contributed by atoms with Crippen molar-refractivity contribution in [1.82, 2.24) is 0 Å². The Kier molecular flexibility index (Phi) is 66.6. The fourth-order valence-electron chi connectivity index (χ4n) is 10.7. The number of hydrogen-bond acceptors (Lipinski definition) is 6. The van der Waals surface area contributed by atoms with Crippen molar-refractivity contribution in [2.75, 3.05) is 13.2 Å². The van der Waals surface area contributed by atoms with Crippen molar-refractivity contribution in [3.63, 3.8) is 0 Å². The summed E-state index contributed by atoms with van der Waals surface area (Å²) < 4.78 is 17.0. The summed E-state index contributed by atoms with van der Waals surface area (Å²) in [6.45, 7) is 6.65. The number of carbonyl (C=O) groups is 3. The maximum absolute atomic E-state index is 13.0. The summed E-state index contributed by atoms with van der Waals surface area (Å²) in [7, 11) is 0. The summed E-state index contributed by atoms with van der Waals surface area (Å²) in [6.07, 6.45) is 87.1. The minimum atomic E-state index is -0.779. The zero-order valence-electron chi connectivity index (χ0n) is 53.9. The van der Waals surface area contributed by atoms with Crippen LogP contribution in [0, 0.1) is 0 Å². The molecule has 0 spiro atoms. The van der Waals surface area contributed by atoms with Gasteiger partial charge in [-0.1, -0.05) is 333 Å². The molecule has 6 nitrogen and oxygen atoms in total. The summed E-state index contributed by atoms with van der Waals surface area (Å²) in [5.74, 6) is -0.859. The van der Waals surface area contributed by atoms with Crippen molar-refractivity contribution >= 4 is 17.9 Å². The number of carbonyl (C=O) groups excluding carboxylic acids is 3. The van der Waals surface area contributed by atoms with E-state index >= 15 is 0 Å². The molecule has 1 unspecified atom stereocenters. The molecule has 0 aliphatic rings. The lowest BCUT2D eigenvalue weighted by molar-refractivity contribution is -0.167. The van der Waals surface area contributed by atoms with Gasteiger partial charge in [0.15, 0.2) is 6.10 Å². The van der Waals surface area contributed by atoms with Gasteiger partial charge in [-0.05, 0) is 83.5 Å². The minimum absolute atomic E-state index is 0.0733. The zero-order chi connectivity index (χ0) is 57.8. The van der Waals surface area contributed by atoms with Crippen molar-refractivity contribution in [3.8, 4) is 0 Å². The monoisotopic (exact) mass is 1120 g/mol. The van der Waals surface area contributed by atoms with E-state index in [-0.39, 0.29) is 31.1 Å². The van der Waals surface area contributed by atoms with Crippen LogP contribution in [0.2, 0.25) is 0 Å². The zero-order valence-corrected chi connectivity index (χ0v) is 53.9. The molecule has 0 aliphatic carbocycles. The standard InChI is InChI=1S/C74H136O6/c1-4-7-10-13-16-19-22-25-28-31-33-34-35-36-37-38-39-41-43-46-49-52-55-58-61-64-67-73(76)79-70-71(69-78-72(75)66-63-60-57-54-51-48-45-42-30-27-24-21-18-15-12-9-6-3)80-74(77)68-65-62-59-56-53-50-47-44-40-32-29-26-23-20-17-14-11-8-5-2/h17-18,20-21,26-27,29-30,71H,4-16,19,22-25,28,31-70H2,1-3H3/b20-17-,21-18-,29-26-,30-27-. The smallest absolute Gasteiger partial charge is 0.306 e. The second-order valence-corrected chi connectivity index (χ2v) is 24.1. The molecule has 0 rings (SSSR count). The molecule has 0 saturated heterocycles. The fourth-order valence-corrected chi connectivity index (χ4v) is 10.7. The third kappa shape index (κ3) is 66.2. The summed E-state index contributed by atoms with van der Waals surface area (Å²) in [4.78, 5) is 38.5. The second kappa shape index (κ2) is 68.9. The number of allylic oxidation sites excluding steroid dienone is 8. The number of rotatable bonds is 66. The predicted molar refractivity (Wildman–Crippen MR) is 349 cm³/mol. The maximum atomic E-state index is 13.0. The van der Waals surface area contributed by atoms with Gasteiger partial charge in [0.2, 0.25) is 0 Å². The van der Waals surface area contributed by atoms with Gasteiger partial charge >= 0.3 is 17.9 Å². The van der Waals surface area contributed by atoms with Crippen LogP contribution in [-0.2, 0) is 28.6 Å². The fraction of sp³-hybridized carbons (Fsp3) is 0.851. The maximum Gasteiger partial charge on any atom is 0.306 e. The third-order valence-electron chi connectivity index (χ3n) is 16.1. The van der Waals surface area contributed by atoms with Gasteiger partial charge in [-0.3, -0.25) is 14.4 Å². The molecule has 0 fully saturated rings. The molecule has 0 N–H and O–H groups in total. The molecule has 0 aromatic heterocycles. The van der Waals surface area contributed by atoms with Gasteiger partial charge in [0.1, 0.15) is 13.2 Å². The second-order valence-electron chi connectivity index (χ2n) is 24.1. The molecule has 0 aliphatic heterocycles. The SMILES string of the molecule is CCCCC/C=C\C/C=C\CCCCCCCCCCCC(=O)OC(COC(=O)CCCCCCCCC/C=C\C/C=C\CCCCC)COC(=O)CCCCCCCCCCCCCCCCCCCCCCCCCCCC. The van der Waals surface area contributed by atoms with E-state index in [0.29, 0.717) is 19.3 Å². The lowest BCUT2D eigenvalue weighted by atomic mass is 10.0. The highest BCUT2D eigenvalue weighted by atomic mass is 16.6. The quantitative estimate of drug-likeness (QED) is 0.0261. The molecule has 1 atom stereocenters. The van der Waals surface area contributed by atoms with Gasteiger partial charge in [0.05, 0.1) is 0 Å². The molecule has 6 heteroatoms. The highest BCUT2D eigenvalue weighted by Crippen LogP contribution is 2.18. The van der Waals surface area contributed by atoms with Gasteiger partial charge in [-0.15, -0.1) is 0 Å². The van der Waals surface area contributed by atoms with Crippen LogP contribution in [-0.4, -0.2) is 37.2 Å².